The van der Waals surface area contributed by atoms with E-state index in [0.29, 0.717) is 18.9 Å². The molecule has 0 atom stereocenters. The van der Waals surface area contributed by atoms with Crippen molar-refractivity contribution in [3.05, 3.63) is 53.1 Å². The number of nitrogens with one attached hydrogen (secondary N) is 2. The molecule has 0 radical (unpaired) electrons. The van der Waals surface area contributed by atoms with E-state index in [1.807, 2.05) is 6.92 Å². The van der Waals surface area contributed by atoms with E-state index in [4.69, 9.17) is 16.3 Å². The van der Waals surface area contributed by atoms with E-state index < -0.39 is 21.8 Å². The first-order chi connectivity index (χ1) is 13.8. The van der Waals surface area contributed by atoms with Gasteiger partial charge in [-0.25, -0.2) is 8.42 Å². The van der Waals surface area contributed by atoms with Crippen LogP contribution in [0.1, 0.15) is 5.56 Å². The zero-order valence-electron chi connectivity index (χ0n) is 15.6. The molecular formula is C19H20ClN3O5S. The van der Waals surface area contributed by atoms with E-state index in [0.717, 1.165) is 5.56 Å². The highest BCUT2D eigenvalue weighted by Crippen LogP contribution is 2.27. The molecule has 1 aliphatic rings. The Morgan fingerprint density at radius 3 is 2.28 bits per heavy atom. The summed E-state index contributed by atoms with van der Waals surface area (Å²) < 4.78 is 32.0. The molecule has 0 unspecified atom stereocenters. The molecule has 10 heteroatoms. The number of sulfonamides is 1. The SMILES string of the molecule is Cc1ccc(NC(=O)C(=O)Nc2cc(S(=O)(=O)N3CCOCC3)ccc2Cl)cc1. The number of halogens is 1. The zero-order valence-corrected chi connectivity index (χ0v) is 17.2. The highest BCUT2D eigenvalue weighted by atomic mass is 35.5. The number of amides is 2. The lowest BCUT2D eigenvalue weighted by Gasteiger charge is -2.26. The van der Waals surface area contributed by atoms with E-state index in [9.17, 15) is 18.0 Å². The van der Waals surface area contributed by atoms with Crippen LogP contribution < -0.4 is 10.6 Å². The van der Waals surface area contributed by atoms with Crippen molar-refractivity contribution in [2.45, 2.75) is 11.8 Å². The van der Waals surface area contributed by atoms with Gasteiger partial charge in [-0.05, 0) is 37.3 Å². The van der Waals surface area contributed by atoms with Crippen LogP contribution >= 0.6 is 11.6 Å². The maximum atomic E-state index is 12.8. The van der Waals surface area contributed by atoms with Crippen LogP contribution in [0.2, 0.25) is 5.02 Å². The van der Waals surface area contributed by atoms with Gasteiger partial charge in [0.15, 0.2) is 0 Å². The molecule has 2 N–H and O–H groups in total. The first kappa shape index (κ1) is 21.3. The highest BCUT2D eigenvalue weighted by Gasteiger charge is 2.27. The quantitative estimate of drug-likeness (QED) is 0.714. The van der Waals surface area contributed by atoms with Gasteiger partial charge in [-0.3, -0.25) is 9.59 Å². The average molecular weight is 438 g/mol. The molecule has 2 amide bonds. The number of carbonyl (C=O) groups excluding carboxylic acids is 2. The lowest BCUT2D eigenvalue weighted by Crippen LogP contribution is -2.40. The number of morpholine rings is 1. The first-order valence-corrected chi connectivity index (χ1v) is 10.7. The summed E-state index contributed by atoms with van der Waals surface area (Å²) in [4.78, 5) is 24.3. The molecule has 1 fully saturated rings. The molecular weight excluding hydrogens is 418 g/mol. The number of anilines is 2. The minimum Gasteiger partial charge on any atom is -0.379 e. The fourth-order valence-corrected chi connectivity index (χ4v) is 4.30. The van der Waals surface area contributed by atoms with Crippen LogP contribution in [-0.2, 0) is 24.3 Å². The molecule has 1 heterocycles. The monoisotopic (exact) mass is 437 g/mol. The number of carbonyl (C=O) groups is 2. The smallest absolute Gasteiger partial charge is 0.314 e. The van der Waals surface area contributed by atoms with Crippen LogP contribution in [0.4, 0.5) is 11.4 Å². The van der Waals surface area contributed by atoms with Crippen molar-refractivity contribution in [1.82, 2.24) is 4.31 Å². The van der Waals surface area contributed by atoms with E-state index in [1.54, 1.807) is 24.3 Å². The van der Waals surface area contributed by atoms with Crippen molar-refractivity contribution < 1.29 is 22.7 Å². The Morgan fingerprint density at radius 2 is 1.62 bits per heavy atom. The van der Waals surface area contributed by atoms with E-state index >= 15 is 0 Å². The second-order valence-corrected chi connectivity index (χ2v) is 8.78. The predicted octanol–water partition coefficient (Wildman–Crippen LogP) is 2.25. The van der Waals surface area contributed by atoms with Gasteiger partial charge in [0, 0.05) is 18.8 Å². The van der Waals surface area contributed by atoms with Crippen LogP contribution in [0, 0.1) is 6.92 Å². The van der Waals surface area contributed by atoms with Gasteiger partial charge >= 0.3 is 11.8 Å². The van der Waals surface area contributed by atoms with Crippen molar-refractivity contribution in [3.8, 4) is 0 Å². The third-order valence-corrected chi connectivity index (χ3v) is 6.53. The summed E-state index contributed by atoms with van der Waals surface area (Å²) in [5.41, 5.74) is 1.51. The number of ether oxygens (including phenoxy) is 1. The van der Waals surface area contributed by atoms with Gasteiger partial charge < -0.3 is 15.4 Å². The van der Waals surface area contributed by atoms with Crippen LogP contribution in [0.15, 0.2) is 47.4 Å². The predicted molar refractivity (Wildman–Crippen MR) is 109 cm³/mol. The topological polar surface area (TPSA) is 105 Å². The Hall–Kier alpha value is -2.46. The Kier molecular flexibility index (Phi) is 6.53. The lowest BCUT2D eigenvalue weighted by atomic mass is 10.2. The second kappa shape index (κ2) is 8.91. The molecule has 8 nitrogen and oxygen atoms in total. The summed E-state index contributed by atoms with van der Waals surface area (Å²) in [7, 11) is -3.77. The number of hydrogen-bond donors (Lipinski definition) is 2. The fraction of sp³-hybridized carbons (Fsp3) is 0.263. The third kappa shape index (κ3) is 5.13. The Bertz CT molecular complexity index is 1020. The minimum absolute atomic E-state index is 0.0296. The lowest BCUT2D eigenvalue weighted by molar-refractivity contribution is -0.132. The summed E-state index contributed by atoms with van der Waals surface area (Å²) in [6.07, 6.45) is 0. The molecule has 0 spiro atoms. The summed E-state index contributed by atoms with van der Waals surface area (Å²) in [6, 6.07) is 10.9. The Labute approximate surface area is 173 Å². The van der Waals surface area contributed by atoms with Crippen molar-refractivity contribution >= 4 is 44.8 Å². The van der Waals surface area contributed by atoms with Crippen molar-refractivity contribution in [2.24, 2.45) is 0 Å². The molecule has 0 aromatic heterocycles. The summed E-state index contributed by atoms with van der Waals surface area (Å²) in [5.74, 6) is -1.86. The maximum Gasteiger partial charge on any atom is 0.314 e. The molecule has 2 aromatic carbocycles. The number of benzene rings is 2. The van der Waals surface area contributed by atoms with Gasteiger partial charge in [0.25, 0.3) is 0 Å². The molecule has 1 saturated heterocycles. The standard InChI is InChI=1S/C19H20ClN3O5S/c1-13-2-4-14(5-3-13)21-18(24)19(25)22-17-12-15(6-7-16(17)20)29(26,27)23-8-10-28-11-9-23/h2-7,12H,8-11H2,1H3,(H,21,24)(H,22,25). The fourth-order valence-electron chi connectivity index (χ4n) is 2.70. The summed E-state index contributed by atoms with van der Waals surface area (Å²) in [5, 5.41) is 4.95. The largest absolute Gasteiger partial charge is 0.379 e. The maximum absolute atomic E-state index is 12.8. The van der Waals surface area contributed by atoms with Gasteiger partial charge in [-0.1, -0.05) is 29.3 Å². The van der Waals surface area contributed by atoms with Crippen LogP contribution in [0.5, 0.6) is 0 Å². The van der Waals surface area contributed by atoms with Gasteiger partial charge in [0.1, 0.15) is 0 Å². The first-order valence-electron chi connectivity index (χ1n) is 8.84. The van der Waals surface area contributed by atoms with E-state index in [2.05, 4.69) is 10.6 Å². The zero-order chi connectivity index (χ0) is 21.0. The van der Waals surface area contributed by atoms with Gasteiger partial charge in [-0.2, -0.15) is 4.31 Å². The molecule has 0 aliphatic carbocycles. The Balaban J connectivity index is 1.74. The van der Waals surface area contributed by atoms with E-state index in [1.165, 1.54) is 22.5 Å². The molecule has 154 valence electrons. The number of rotatable bonds is 4. The Morgan fingerprint density at radius 1 is 1.00 bits per heavy atom. The van der Waals surface area contributed by atoms with Crippen LogP contribution in [0.3, 0.4) is 0 Å². The third-order valence-electron chi connectivity index (χ3n) is 4.31. The molecule has 3 rings (SSSR count). The van der Waals surface area contributed by atoms with Crippen molar-refractivity contribution in [2.75, 3.05) is 36.9 Å². The minimum atomic E-state index is -3.77. The van der Waals surface area contributed by atoms with Crippen LogP contribution in [0.25, 0.3) is 0 Å². The number of nitrogens with zero attached hydrogens (tertiary/aromatic N) is 1. The van der Waals surface area contributed by atoms with Crippen molar-refractivity contribution in [1.29, 1.82) is 0 Å². The van der Waals surface area contributed by atoms with Gasteiger partial charge in [-0.15, -0.1) is 0 Å². The second-order valence-electron chi connectivity index (χ2n) is 6.43. The average Bonchev–Trinajstić information content (AvgIpc) is 2.71. The number of aryl methyl sites for hydroxylation is 1. The summed E-state index contributed by atoms with van der Waals surface area (Å²) in [6.45, 7) is 3.01. The molecule has 0 bridgehead atoms. The highest BCUT2D eigenvalue weighted by molar-refractivity contribution is 7.89. The van der Waals surface area contributed by atoms with Crippen molar-refractivity contribution in [3.63, 3.8) is 0 Å². The van der Waals surface area contributed by atoms with E-state index in [-0.39, 0.29) is 28.7 Å². The summed E-state index contributed by atoms with van der Waals surface area (Å²) >= 11 is 6.08. The number of hydrogen-bond acceptors (Lipinski definition) is 5. The molecule has 1 aliphatic heterocycles. The van der Waals surface area contributed by atoms with Gasteiger partial charge in [0.05, 0.1) is 28.8 Å². The molecule has 29 heavy (non-hydrogen) atoms. The van der Waals surface area contributed by atoms with Crippen LogP contribution in [-0.4, -0.2) is 50.8 Å². The molecule has 0 saturated carbocycles. The normalized spacial score (nSPS) is 15.0. The van der Waals surface area contributed by atoms with Gasteiger partial charge in [0.2, 0.25) is 10.0 Å². The molecule has 2 aromatic rings.